The topological polar surface area (TPSA) is 73.8 Å². The third-order valence-electron chi connectivity index (χ3n) is 3.36. The van der Waals surface area contributed by atoms with Gasteiger partial charge in [0.15, 0.2) is 5.69 Å². The lowest BCUT2D eigenvalue weighted by atomic mass is 10.1. The van der Waals surface area contributed by atoms with Gasteiger partial charge in [0.1, 0.15) is 5.56 Å². The highest BCUT2D eigenvalue weighted by Gasteiger charge is 2.37. The van der Waals surface area contributed by atoms with Gasteiger partial charge in [-0.3, -0.25) is 14.5 Å². The fourth-order valence-corrected chi connectivity index (χ4v) is 2.50. The molecule has 24 heavy (non-hydrogen) atoms. The first-order valence-corrected chi connectivity index (χ1v) is 7.10. The number of primary amides is 1. The summed E-state index contributed by atoms with van der Waals surface area (Å²) in [4.78, 5) is 15.3. The van der Waals surface area contributed by atoms with Crippen LogP contribution < -0.4 is 5.73 Å². The van der Waals surface area contributed by atoms with Gasteiger partial charge in [0.25, 0.3) is 5.91 Å². The Morgan fingerprint density at radius 3 is 2.67 bits per heavy atom. The molecule has 0 aliphatic heterocycles. The first kappa shape index (κ1) is 16.3. The number of hydrogen-bond acceptors (Lipinski definition) is 3. The monoisotopic (exact) mass is 354 g/mol. The van der Waals surface area contributed by atoms with Crippen LogP contribution in [0.15, 0.2) is 36.7 Å². The van der Waals surface area contributed by atoms with Gasteiger partial charge in [-0.05, 0) is 23.8 Å². The number of carbonyl (C=O) groups is 1. The van der Waals surface area contributed by atoms with E-state index in [4.69, 9.17) is 17.3 Å². The largest absolute Gasteiger partial charge is 0.420 e. The molecule has 5 nitrogen and oxygen atoms in total. The normalized spacial score (nSPS) is 11.8. The van der Waals surface area contributed by atoms with Crippen LogP contribution >= 0.6 is 11.6 Å². The Balaban J connectivity index is 1.98. The van der Waals surface area contributed by atoms with Crippen LogP contribution in [0.25, 0.3) is 10.9 Å². The van der Waals surface area contributed by atoms with Gasteiger partial charge in [-0.2, -0.15) is 18.3 Å². The molecule has 9 heteroatoms. The van der Waals surface area contributed by atoms with E-state index in [-0.39, 0.29) is 6.54 Å². The Hall–Kier alpha value is -2.61. The van der Waals surface area contributed by atoms with Gasteiger partial charge in [0.2, 0.25) is 0 Å². The van der Waals surface area contributed by atoms with Crippen molar-refractivity contribution in [2.24, 2.45) is 5.73 Å². The number of carbonyl (C=O) groups excluding carboxylic acids is 1. The zero-order chi connectivity index (χ0) is 17.5. The minimum Gasteiger partial charge on any atom is -0.364 e. The number of hydrogen-bond donors (Lipinski definition) is 1. The molecular weight excluding hydrogens is 345 g/mol. The molecule has 0 atom stereocenters. The van der Waals surface area contributed by atoms with Crippen LogP contribution in [0.1, 0.15) is 21.6 Å². The van der Waals surface area contributed by atoms with Crippen LogP contribution in [-0.2, 0) is 12.7 Å². The second kappa shape index (κ2) is 5.79. The molecule has 0 radical (unpaired) electrons. The second-order valence-corrected chi connectivity index (χ2v) is 5.57. The molecule has 0 unspecified atom stereocenters. The minimum absolute atomic E-state index is 0.0405. The summed E-state index contributed by atoms with van der Waals surface area (Å²) in [5, 5.41) is 4.85. The minimum atomic E-state index is -4.70. The molecule has 0 saturated heterocycles. The number of amides is 1. The van der Waals surface area contributed by atoms with E-state index in [0.29, 0.717) is 16.1 Å². The van der Waals surface area contributed by atoms with Crippen molar-refractivity contribution in [1.29, 1.82) is 0 Å². The van der Waals surface area contributed by atoms with Gasteiger partial charge in [-0.25, -0.2) is 0 Å². The number of nitrogens with two attached hydrogens (primary N) is 1. The van der Waals surface area contributed by atoms with Crippen molar-refractivity contribution in [3.05, 3.63) is 58.5 Å². The van der Waals surface area contributed by atoms with E-state index in [1.165, 1.54) is 6.20 Å². The molecule has 1 aromatic carbocycles. The van der Waals surface area contributed by atoms with E-state index in [0.717, 1.165) is 16.3 Å². The molecule has 3 aromatic rings. The smallest absolute Gasteiger partial charge is 0.364 e. The molecule has 0 aliphatic carbocycles. The zero-order valence-corrected chi connectivity index (χ0v) is 12.8. The average molecular weight is 355 g/mol. The molecular formula is C15H10ClF3N4O. The van der Waals surface area contributed by atoms with E-state index >= 15 is 0 Å². The summed E-state index contributed by atoms with van der Waals surface area (Å²) in [5.41, 5.74) is 4.41. The third-order valence-corrected chi connectivity index (χ3v) is 3.56. The van der Waals surface area contributed by atoms with Crippen molar-refractivity contribution in [3.63, 3.8) is 0 Å². The maximum Gasteiger partial charge on any atom is 0.420 e. The van der Waals surface area contributed by atoms with E-state index < -0.39 is 23.3 Å². The van der Waals surface area contributed by atoms with E-state index in [2.05, 4.69) is 10.1 Å². The molecule has 124 valence electrons. The van der Waals surface area contributed by atoms with Gasteiger partial charge in [0, 0.05) is 17.8 Å². The number of pyridine rings is 1. The van der Waals surface area contributed by atoms with Gasteiger partial charge >= 0.3 is 6.18 Å². The Bertz CT molecular complexity index is 936. The van der Waals surface area contributed by atoms with Crippen molar-refractivity contribution >= 4 is 28.4 Å². The summed E-state index contributed by atoms with van der Waals surface area (Å²) >= 11 is 5.88. The maximum atomic E-state index is 12.9. The van der Waals surface area contributed by atoms with Crippen molar-refractivity contribution in [2.45, 2.75) is 12.7 Å². The van der Waals surface area contributed by atoms with E-state index in [1.807, 2.05) is 0 Å². The number of alkyl halides is 3. The van der Waals surface area contributed by atoms with Crippen LogP contribution in [0, 0.1) is 0 Å². The molecule has 0 aliphatic rings. The van der Waals surface area contributed by atoms with Crippen LogP contribution in [0.3, 0.4) is 0 Å². The third kappa shape index (κ3) is 3.18. The zero-order valence-electron chi connectivity index (χ0n) is 12.0. The highest BCUT2D eigenvalue weighted by molar-refractivity contribution is 6.31. The van der Waals surface area contributed by atoms with Gasteiger partial charge in [-0.1, -0.05) is 17.7 Å². The fraction of sp³-hybridized carbons (Fsp3) is 0.133. The molecule has 3 rings (SSSR count). The van der Waals surface area contributed by atoms with Crippen molar-refractivity contribution in [3.8, 4) is 0 Å². The number of halogens is 4. The second-order valence-electron chi connectivity index (χ2n) is 5.13. The number of nitrogens with zero attached hydrogens (tertiary/aromatic N) is 3. The lowest BCUT2D eigenvalue weighted by Gasteiger charge is -2.05. The van der Waals surface area contributed by atoms with E-state index in [9.17, 15) is 18.0 Å². The number of benzene rings is 1. The summed E-state index contributed by atoms with van der Waals surface area (Å²) in [7, 11) is 0. The van der Waals surface area contributed by atoms with Crippen LogP contribution in [0.5, 0.6) is 0 Å². The number of aromatic nitrogens is 3. The molecule has 0 fully saturated rings. The quantitative estimate of drug-likeness (QED) is 0.784. The van der Waals surface area contributed by atoms with Crippen molar-refractivity contribution < 1.29 is 18.0 Å². The van der Waals surface area contributed by atoms with Gasteiger partial charge < -0.3 is 5.73 Å². The highest BCUT2D eigenvalue weighted by Crippen LogP contribution is 2.31. The molecule has 2 N–H and O–H groups in total. The summed E-state index contributed by atoms with van der Waals surface area (Å²) in [6.07, 6.45) is -2.43. The summed E-state index contributed by atoms with van der Waals surface area (Å²) < 4.78 is 39.8. The predicted octanol–water partition coefficient (Wildman–Crippen LogP) is 3.25. The first-order chi connectivity index (χ1) is 11.2. The standard InChI is InChI=1S/C15H10ClF3N4O/c16-10-4-9-3-8(1-2-12(9)21-5-10)6-23-7-11(15(17,18)19)13(22-23)14(20)24/h1-5,7H,6H2,(H2,20,24). The van der Waals surface area contributed by atoms with Crippen LogP contribution in [0.2, 0.25) is 5.02 Å². The molecule has 2 heterocycles. The fourth-order valence-electron chi connectivity index (χ4n) is 2.33. The molecule has 0 spiro atoms. The average Bonchev–Trinajstić information content (AvgIpc) is 2.91. The SMILES string of the molecule is NC(=O)c1nn(Cc2ccc3ncc(Cl)cc3c2)cc1C(F)(F)F. The number of fused-ring (bicyclic) bond motifs is 1. The summed E-state index contributed by atoms with van der Waals surface area (Å²) in [6, 6.07) is 6.88. The van der Waals surface area contributed by atoms with Crippen molar-refractivity contribution in [1.82, 2.24) is 14.8 Å². The highest BCUT2D eigenvalue weighted by atomic mass is 35.5. The lowest BCUT2D eigenvalue weighted by Crippen LogP contribution is -2.18. The lowest BCUT2D eigenvalue weighted by molar-refractivity contribution is -0.138. The number of rotatable bonds is 3. The first-order valence-electron chi connectivity index (χ1n) is 6.72. The van der Waals surface area contributed by atoms with Crippen LogP contribution in [-0.4, -0.2) is 20.7 Å². The Morgan fingerprint density at radius 2 is 2.04 bits per heavy atom. The van der Waals surface area contributed by atoms with Crippen molar-refractivity contribution in [2.75, 3.05) is 0 Å². The van der Waals surface area contributed by atoms with E-state index in [1.54, 1.807) is 24.3 Å². The Labute approximate surface area is 138 Å². The predicted molar refractivity (Wildman–Crippen MR) is 81.6 cm³/mol. The molecule has 0 saturated carbocycles. The summed E-state index contributed by atoms with van der Waals surface area (Å²) in [5.74, 6) is -1.23. The summed E-state index contributed by atoms with van der Waals surface area (Å²) in [6.45, 7) is 0.0405. The van der Waals surface area contributed by atoms with Crippen LogP contribution in [0.4, 0.5) is 13.2 Å². The Morgan fingerprint density at radius 1 is 1.29 bits per heavy atom. The molecule has 1 amide bonds. The molecule has 0 bridgehead atoms. The maximum absolute atomic E-state index is 12.9. The van der Waals surface area contributed by atoms with Gasteiger partial charge in [-0.15, -0.1) is 0 Å². The Kier molecular flexibility index (Phi) is 3.92. The molecule has 2 aromatic heterocycles. The van der Waals surface area contributed by atoms with Gasteiger partial charge in [0.05, 0.1) is 17.1 Å².